The summed E-state index contributed by atoms with van der Waals surface area (Å²) in [6.45, 7) is 5.27. The van der Waals surface area contributed by atoms with Crippen molar-refractivity contribution in [3.05, 3.63) is 52.9 Å². The summed E-state index contributed by atoms with van der Waals surface area (Å²) >= 11 is 1.43. The number of nitrogens with one attached hydrogen (secondary N) is 2. The molecule has 146 valence electrons. The number of amides is 2. The molecule has 0 bridgehead atoms. The molecular weight excluding hydrogens is 378 g/mol. The number of aromatic nitrogens is 1. The molecule has 1 atom stereocenters. The van der Waals surface area contributed by atoms with Crippen LogP contribution in [-0.2, 0) is 9.53 Å². The number of rotatable bonds is 4. The lowest BCUT2D eigenvalue weighted by Gasteiger charge is -2.23. The molecule has 0 radical (unpaired) electrons. The Kier molecular flexibility index (Phi) is 5.51. The van der Waals surface area contributed by atoms with E-state index < -0.39 is 23.6 Å². The van der Waals surface area contributed by atoms with Crippen molar-refractivity contribution in [1.82, 2.24) is 10.3 Å². The minimum Gasteiger partial charge on any atom is -0.493 e. The van der Waals surface area contributed by atoms with Crippen molar-refractivity contribution in [2.24, 2.45) is 0 Å². The number of carbonyl (C=O) groups is 2. The van der Waals surface area contributed by atoms with Gasteiger partial charge in [-0.05, 0) is 72.8 Å². The van der Waals surface area contributed by atoms with Gasteiger partial charge >= 0.3 is 6.09 Å². The number of thiophene rings is 1. The van der Waals surface area contributed by atoms with Crippen molar-refractivity contribution in [1.29, 1.82) is 0 Å². The Morgan fingerprint density at radius 3 is 2.68 bits per heavy atom. The first-order valence-corrected chi connectivity index (χ1v) is 9.57. The van der Waals surface area contributed by atoms with Crippen molar-refractivity contribution >= 4 is 39.8 Å². The van der Waals surface area contributed by atoms with Gasteiger partial charge in [-0.3, -0.25) is 4.79 Å². The highest BCUT2D eigenvalue weighted by Gasteiger charge is 2.26. The molecule has 1 aromatic carbocycles. The van der Waals surface area contributed by atoms with Gasteiger partial charge in [0, 0.05) is 17.3 Å². The smallest absolute Gasteiger partial charge is 0.408 e. The molecule has 2 aromatic heterocycles. The fourth-order valence-corrected chi connectivity index (χ4v) is 3.31. The summed E-state index contributed by atoms with van der Waals surface area (Å²) in [6.07, 6.45) is 0.815. The van der Waals surface area contributed by atoms with Gasteiger partial charge in [-0.15, -0.1) is 0 Å². The topological polar surface area (TPSA) is 101 Å². The first-order valence-electron chi connectivity index (χ1n) is 8.63. The zero-order valence-corrected chi connectivity index (χ0v) is 16.5. The molecule has 0 aliphatic rings. The average Bonchev–Trinajstić information content (AvgIpc) is 3.12. The Morgan fingerprint density at radius 1 is 1.21 bits per heavy atom. The molecule has 3 N–H and O–H groups in total. The number of benzene rings is 1. The van der Waals surface area contributed by atoms with Crippen LogP contribution in [0.1, 0.15) is 32.4 Å². The second kappa shape index (κ2) is 7.85. The number of aromatic hydroxyl groups is 1. The van der Waals surface area contributed by atoms with E-state index in [-0.39, 0.29) is 5.88 Å². The van der Waals surface area contributed by atoms with Crippen molar-refractivity contribution < 1.29 is 19.4 Å². The minimum absolute atomic E-state index is 0.0712. The van der Waals surface area contributed by atoms with E-state index in [9.17, 15) is 14.7 Å². The van der Waals surface area contributed by atoms with Crippen LogP contribution in [-0.4, -0.2) is 27.7 Å². The van der Waals surface area contributed by atoms with Gasteiger partial charge in [0.1, 0.15) is 11.6 Å². The number of pyridine rings is 1. The molecule has 0 aliphatic heterocycles. The van der Waals surface area contributed by atoms with Crippen molar-refractivity contribution in [3.63, 3.8) is 0 Å². The van der Waals surface area contributed by atoms with Gasteiger partial charge in [0.15, 0.2) is 0 Å². The Hall–Kier alpha value is -3.13. The van der Waals surface area contributed by atoms with Crippen molar-refractivity contribution in [3.8, 4) is 5.88 Å². The quantitative estimate of drug-likeness (QED) is 0.610. The van der Waals surface area contributed by atoms with Crippen LogP contribution in [0.15, 0.2) is 47.3 Å². The lowest BCUT2D eigenvalue weighted by atomic mass is 10.1. The van der Waals surface area contributed by atoms with E-state index in [0.29, 0.717) is 16.6 Å². The molecule has 2 heterocycles. The average molecular weight is 399 g/mol. The summed E-state index contributed by atoms with van der Waals surface area (Å²) in [5.41, 5.74) is 0.527. The first kappa shape index (κ1) is 19.6. The highest BCUT2D eigenvalue weighted by atomic mass is 32.1. The van der Waals surface area contributed by atoms with Gasteiger partial charge in [-0.25, -0.2) is 9.78 Å². The number of anilines is 1. The zero-order chi connectivity index (χ0) is 20.3. The van der Waals surface area contributed by atoms with Gasteiger partial charge in [0.05, 0.1) is 0 Å². The maximum atomic E-state index is 12.9. The molecule has 3 rings (SSSR count). The third-order valence-corrected chi connectivity index (χ3v) is 4.51. The number of nitrogens with zero attached hydrogens (tertiary/aromatic N) is 1. The van der Waals surface area contributed by atoms with E-state index in [1.165, 1.54) is 17.5 Å². The summed E-state index contributed by atoms with van der Waals surface area (Å²) in [4.78, 5) is 28.9. The molecule has 7 nitrogen and oxygen atoms in total. The number of hydrogen-bond acceptors (Lipinski definition) is 6. The van der Waals surface area contributed by atoms with Crippen LogP contribution in [0.2, 0.25) is 0 Å². The molecule has 28 heavy (non-hydrogen) atoms. The van der Waals surface area contributed by atoms with Gasteiger partial charge in [-0.2, -0.15) is 11.3 Å². The molecule has 1 unspecified atom stereocenters. The fourth-order valence-electron chi connectivity index (χ4n) is 2.62. The van der Waals surface area contributed by atoms with Gasteiger partial charge in [0.25, 0.3) is 5.91 Å². The van der Waals surface area contributed by atoms with Crippen LogP contribution in [0.3, 0.4) is 0 Å². The summed E-state index contributed by atoms with van der Waals surface area (Å²) in [5, 5.41) is 20.2. The SMILES string of the molecule is CC(C)(C)OC(=O)NC(C(=O)Nc1ccc2c(O)nccc2c1)c1ccsc1. The van der Waals surface area contributed by atoms with Crippen LogP contribution in [0.4, 0.5) is 10.5 Å². The Balaban J connectivity index is 1.81. The molecule has 0 saturated carbocycles. The van der Waals surface area contributed by atoms with Crippen molar-refractivity contribution in [2.75, 3.05) is 5.32 Å². The fraction of sp³-hybridized carbons (Fsp3) is 0.250. The van der Waals surface area contributed by atoms with Crippen LogP contribution in [0.5, 0.6) is 5.88 Å². The third-order valence-electron chi connectivity index (χ3n) is 3.81. The Bertz CT molecular complexity index is 996. The molecule has 0 saturated heterocycles. The van der Waals surface area contributed by atoms with E-state index in [4.69, 9.17) is 4.74 Å². The van der Waals surface area contributed by atoms with E-state index in [1.807, 2.05) is 5.38 Å². The van der Waals surface area contributed by atoms with Crippen LogP contribution in [0, 0.1) is 0 Å². The minimum atomic E-state index is -0.900. The number of fused-ring (bicyclic) bond motifs is 1. The molecule has 2 amide bonds. The molecule has 3 aromatic rings. The molecule has 0 fully saturated rings. The largest absolute Gasteiger partial charge is 0.493 e. The molecule has 0 spiro atoms. The van der Waals surface area contributed by atoms with Crippen LogP contribution in [0.25, 0.3) is 10.8 Å². The van der Waals surface area contributed by atoms with Crippen LogP contribution < -0.4 is 10.6 Å². The van der Waals surface area contributed by atoms with E-state index in [1.54, 1.807) is 56.5 Å². The summed E-state index contributed by atoms with van der Waals surface area (Å²) in [6, 6.07) is 7.68. The maximum Gasteiger partial charge on any atom is 0.408 e. The van der Waals surface area contributed by atoms with Gasteiger partial charge < -0.3 is 20.5 Å². The van der Waals surface area contributed by atoms with Gasteiger partial charge in [0.2, 0.25) is 5.88 Å². The van der Waals surface area contributed by atoms with Gasteiger partial charge in [-0.1, -0.05) is 0 Å². The monoisotopic (exact) mass is 399 g/mol. The molecule has 0 aliphatic carbocycles. The predicted octanol–water partition coefficient (Wildman–Crippen LogP) is 4.21. The van der Waals surface area contributed by atoms with E-state index >= 15 is 0 Å². The van der Waals surface area contributed by atoms with Crippen molar-refractivity contribution in [2.45, 2.75) is 32.4 Å². The zero-order valence-electron chi connectivity index (χ0n) is 15.7. The molecule has 8 heteroatoms. The van der Waals surface area contributed by atoms with E-state index in [2.05, 4.69) is 15.6 Å². The number of ether oxygens (including phenoxy) is 1. The standard InChI is InChI=1S/C20H21N3O4S/c1-20(2,3)27-19(26)23-16(13-7-9-28-11-13)18(25)22-14-4-5-15-12(10-14)6-8-21-17(15)24/h4-11,16H,1-3H3,(H,21,24)(H,22,25)(H,23,26). The van der Waals surface area contributed by atoms with Crippen LogP contribution >= 0.6 is 11.3 Å². The summed E-state index contributed by atoms with van der Waals surface area (Å²) in [5.74, 6) is -0.472. The lowest BCUT2D eigenvalue weighted by Crippen LogP contribution is -2.40. The summed E-state index contributed by atoms with van der Waals surface area (Å²) in [7, 11) is 0. The first-order chi connectivity index (χ1) is 13.2. The lowest BCUT2D eigenvalue weighted by molar-refractivity contribution is -0.118. The Labute approximate surface area is 166 Å². The highest BCUT2D eigenvalue weighted by Crippen LogP contribution is 2.26. The second-order valence-corrected chi connectivity index (χ2v) is 7.98. The number of alkyl carbamates (subject to hydrolysis) is 1. The second-order valence-electron chi connectivity index (χ2n) is 7.20. The third kappa shape index (κ3) is 4.77. The predicted molar refractivity (Wildman–Crippen MR) is 108 cm³/mol. The summed E-state index contributed by atoms with van der Waals surface area (Å²) < 4.78 is 5.28. The van der Waals surface area contributed by atoms with E-state index in [0.717, 1.165) is 5.39 Å². The maximum absolute atomic E-state index is 12.9. The normalized spacial score (nSPS) is 12.4. The highest BCUT2D eigenvalue weighted by molar-refractivity contribution is 7.08. The number of carbonyl (C=O) groups excluding carboxylic acids is 2. The Morgan fingerprint density at radius 2 is 2.00 bits per heavy atom. The number of hydrogen-bond donors (Lipinski definition) is 3. The molecular formula is C20H21N3O4S.